The van der Waals surface area contributed by atoms with Crippen LogP contribution in [-0.2, 0) is 11.3 Å². The fourth-order valence-corrected chi connectivity index (χ4v) is 3.55. The Morgan fingerprint density at radius 3 is 2.75 bits per heavy atom. The van der Waals surface area contributed by atoms with Crippen LogP contribution < -0.4 is 10.6 Å². The summed E-state index contributed by atoms with van der Waals surface area (Å²) in [6.07, 6.45) is 1.50. The molecule has 0 bridgehead atoms. The molecule has 1 aliphatic rings. The highest BCUT2D eigenvalue weighted by Crippen LogP contribution is 2.21. The molecule has 2 aromatic carbocycles. The van der Waals surface area contributed by atoms with Crippen LogP contribution >= 0.6 is 11.6 Å². The molecule has 0 aliphatic carbocycles. The number of carbonyl (C=O) groups is 1. The Morgan fingerprint density at radius 2 is 2.00 bits per heavy atom. The van der Waals surface area contributed by atoms with Crippen LogP contribution in [0.25, 0.3) is 0 Å². The number of aliphatic hydroxyl groups is 1. The van der Waals surface area contributed by atoms with Gasteiger partial charge in [0.05, 0.1) is 6.10 Å². The average Bonchev–Trinajstić information content (AvgIpc) is 2.67. The molecular formula is C22H28ClN3O2. The maximum absolute atomic E-state index is 12.6. The van der Waals surface area contributed by atoms with E-state index in [0.29, 0.717) is 5.02 Å². The molecule has 1 amide bonds. The molecule has 0 saturated carbocycles. The second-order valence-electron chi connectivity index (χ2n) is 7.52. The van der Waals surface area contributed by atoms with E-state index < -0.39 is 6.04 Å². The smallest absolute Gasteiger partial charge is 0.246 e. The number of aryl methyl sites for hydroxylation is 1. The molecule has 0 aromatic heterocycles. The molecule has 0 spiro atoms. The van der Waals surface area contributed by atoms with Gasteiger partial charge in [0.1, 0.15) is 6.04 Å². The highest BCUT2D eigenvalue weighted by atomic mass is 35.5. The number of hydrogen-bond donors (Lipinski definition) is 3. The molecule has 2 aromatic rings. The molecule has 0 unspecified atom stereocenters. The molecule has 150 valence electrons. The fraction of sp³-hybridized carbons (Fsp3) is 0.409. The first-order chi connectivity index (χ1) is 13.4. The zero-order valence-corrected chi connectivity index (χ0v) is 17.2. The van der Waals surface area contributed by atoms with Crippen molar-refractivity contribution in [2.75, 3.05) is 23.7 Å². The van der Waals surface area contributed by atoms with Crippen LogP contribution in [0.2, 0.25) is 5.02 Å². The molecule has 1 aliphatic heterocycles. The van der Waals surface area contributed by atoms with Crippen molar-refractivity contribution in [1.82, 2.24) is 4.90 Å². The van der Waals surface area contributed by atoms with Gasteiger partial charge in [0.15, 0.2) is 0 Å². The van der Waals surface area contributed by atoms with Gasteiger partial charge in [-0.1, -0.05) is 29.8 Å². The van der Waals surface area contributed by atoms with E-state index in [4.69, 9.17) is 11.6 Å². The fourth-order valence-electron chi connectivity index (χ4n) is 3.38. The third-order valence-electron chi connectivity index (χ3n) is 5.12. The first-order valence-electron chi connectivity index (χ1n) is 9.73. The lowest BCUT2D eigenvalue weighted by molar-refractivity contribution is -0.116. The Hall–Kier alpha value is -2.08. The van der Waals surface area contributed by atoms with Crippen molar-refractivity contribution in [3.63, 3.8) is 0 Å². The number of rotatable bonds is 6. The zero-order valence-electron chi connectivity index (χ0n) is 16.4. The second kappa shape index (κ2) is 9.41. The van der Waals surface area contributed by atoms with Crippen LogP contribution in [0.5, 0.6) is 0 Å². The molecule has 3 N–H and O–H groups in total. The number of hydrogen-bond acceptors (Lipinski definition) is 4. The molecule has 1 saturated heterocycles. The number of halogens is 1. The van der Waals surface area contributed by atoms with Crippen molar-refractivity contribution in [2.45, 2.75) is 45.4 Å². The highest BCUT2D eigenvalue weighted by Gasteiger charge is 2.18. The SMILES string of the molecule is Cc1ccc(Cl)cc1NC(=O)[C@H](C)Nc1cccc(CN2CCC(O)CC2)c1. The minimum absolute atomic E-state index is 0.110. The molecule has 1 fully saturated rings. The number of nitrogens with zero attached hydrogens (tertiary/aromatic N) is 1. The number of anilines is 2. The molecule has 1 heterocycles. The monoisotopic (exact) mass is 401 g/mol. The summed E-state index contributed by atoms with van der Waals surface area (Å²) >= 11 is 6.03. The molecule has 1 atom stereocenters. The van der Waals surface area contributed by atoms with Crippen LogP contribution in [0.15, 0.2) is 42.5 Å². The molecule has 0 radical (unpaired) electrons. The van der Waals surface area contributed by atoms with Crippen LogP contribution in [0.1, 0.15) is 30.9 Å². The lowest BCUT2D eigenvalue weighted by Gasteiger charge is -2.29. The summed E-state index contributed by atoms with van der Waals surface area (Å²) in [6.45, 7) is 6.46. The Labute approximate surface area is 171 Å². The van der Waals surface area contributed by atoms with Gasteiger partial charge in [-0.25, -0.2) is 0 Å². The largest absolute Gasteiger partial charge is 0.393 e. The van der Waals surface area contributed by atoms with Crippen molar-refractivity contribution in [3.05, 3.63) is 58.6 Å². The predicted octanol–water partition coefficient (Wildman–Crippen LogP) is 4.04. The van der Waals surface area contributed by atoms with Gasteiger partial charge in [-0.2, -0.15) is 0 Å². The van der Waals surface area contributed by atoms with Crippen LogP contribution in [0, 0.1) is 6.92 Å². The lowest BCUT2D eigenvalue weighted by atomic mass is 10.1. The predicted molar refractivity (Wildman–Crippen MR) is 115 cm³/mol. The van der Waals surface area contributed by atoms with Crippen LogP contribution in [0.3, 0.4) is 0 Å². The summed E-state index contributed by atoms with van der Waals surface area (Å²) in [4.78, 5) is 14.9. The van der Waals surface area contributed by atoms with Gasteiger partial charge in [-0.3, -0.25) is 9.69 Å². The average molecular weight is 402 g/mol. The van der Waals surface area contributed by atoms with Gasteiger partial charge >= 0.3 is 0 Å². The van der Waals surface area contributed by atoms with E-state index in [2.05, 4.69) is 27.7 Å². The van der Waals surface area contributed by atoms with E-state index in [1.165, 1.54) is 5.56 Å². The summed E-state index contributed by atoms with van der Waals surface area (Å²) in [5, 5.41) is 16.5. The summed E-state index contributed by atoms with van der Waals surface area (Å²) in [5.74, 6) is -0.110. The molecule has 5 nitrogen and oxygen atoms in total. The third-order valence-corrected chi connectivity index (χ3v) is 5.36. The molecule has 3 rings (SSSR count). The van der Waals surface area contributed by atoms with Crippen molar-refractivity contribution in [1.29, 1.82) is 0 Å². The van der Waals surface area contributed by atoms with Gasteiger partial charge in [-0.05, 0) is 62.1 Å². The van der Waals surface area contributed by atoms with E-state index in [1.807, 2.05) is 38.1 Å². The number of nitrogens with one attached hydrogen (secondary N) is 2. The number of piperidine rings is 1. The van der Waals surface area contributed by atoms with Gasteiger partial charge in [0, 0.05) is 36.0 Å². The number of amides is 1. The van der Waals surface area contributed by atoms with Gasteiger partial charge < -0.3 is 15.7 Å². The van der Waals surface area contributed by atoms with E-state index in [1.54, 1.807) is 6.07 Å². The summed E-state index contributed by atoms with van der Waals surface area (Å²) in [5.41, 5.74) is 3.81. The minimum Gasteiger partial charge on any atom is -0.393 e. The molecule has 28 heavy (non-hydrogen) atoms. The maximum Gasteiger partial charge on any atom is 0.246 e. The summed E-state index contributed by atoms with van der Waals surface area (Å²) in [6, 6.07) is 13.2. The summed E-state index contributed by atoms with van der Waals surface area (Å²) < 4.78 is 0. The Bertz CT molecular complexity index is 819. The van der Waals surface area contributed by atoms with Crippen molar-refractivity contribution < 1.29 is 9.90 Å². The Kier molecular flexibility index (Phi) is 6.94. The van der Waals surface area contributed by atoms with E-state index in [-0.39, 0.29) is 12.0 Å². The van der Waals surface area contributed by atoms with Gasteiger partial charge in [-0.15, -0.1) is 0 Å². The van der Waals surface area contributed by atoms with Gasteiger partial charge in [0.25, 0.3) is 0 Å². The number of benzene rings is 2. The quantitative estimate of drug-likeness (QED) is 0.683. The van der Waals surface area contributed by atoms with Crippen molar-refractivity contribution >= 4 is 28.9 Å². The van der Waals surface area contributed by atoms with Crippen LogP contribution in [-0.4, -0.2) is 41.1 Å². The topological polar surface area (TPSA) is 64.6 Å². The van der Waals surface area contributed by atoms with E-state index in [0.717, 1.165) is 49.4 Å². The van der Waals surface area contributed by atoms with Crippen molar-refractivity contribution in [3.8, 4) is 0 Å². The zero-order chi connectivity index (χ0) is 20.1. The number of carbonyl (C=O) groups excluding carboxylic acids is 1. The van der Waals surface area contributed by atoms with E-state index >= 15 is 0 Å². The van der Waals surface area contributed by atoms with Crippen molar-refractivity contribution in [2.24, 2.45) is 0 Å². The second-order valence-corrected chi connectivity index (χ2v) is 7.96. The van der Waals surface area contributed by atoms with Crippen LogP contribution in [0.4, 0.5) is 11.4 Å². The third kappa shape index (κ3) is 5.71. The minimum atomic E-state index is -0.390. The lowest BCUT2D eigenvalue weighted by Crippen LogP contribution is -2.35. The first kappa shape index (κ1) is 20.6. The molecular weight excluding hydrogens is 374 g/mol. The molecule has 6 heteroatoms. The Balaban J connectivity index is 1.58. The summed E-state index contributed by atoms with van der Waals surface area (Å²) in [7, 11) is 0. The van der Waals surface area contributed by atoms with Gasteiger partial charge in [0.2, 0.25) is 5.91 Å². The van der Waals surface area contributed by atoms with E-state index in [9.17, 15) is 9.90 Å². The number of likely N-dealkylation sites (tertiary alicyclic amines) is 1. The standard InChI is InChI=1S/C22H28ClN3O2/c1-15-6-7-18(23)13-21(15)25-22(28)16(2)24-19-5-3-4-17(12-19)14-26-10-8-20(27)9-11-26/h3-7,12-13,16,20,24,27H,8-11,14H2,1-2H3,(H,25,28)/t16-/m0/s1. The number of aliphatic hydroxyl groups excluding tert-OH is 1. The Morgan fingerprint density at radius 1 is 1.25 bits per heavy atom. The first-order valence-corrected chi connectivity index (χ1v) is 10.1. The highest BCUT2D eigenvalue weighted by molar-refractivity contribution is 6.31. The maximum atomic E-state index is 12.6. The normalized spacial score (nSPS) is 16.6.